The summed E-state index contributed by atoms with van der Waals surface area (Å²) in [5.41, 5.74) is 22.7. The van der Waals surface area contributed by atoms with Crippen molar-refractivity contribution in [1.82, 2.24) is 29.9 Å². The van der Waals surface area contributed by atoms with Gasteiger partial charge in [-0.15, -0.1) is 22.7 Å². The summed E-state index contributed by atoms with van der Waals surface area (Å²) in [6, 6.07) is 114. The van der Waals surface area contributed by atoms with Gasteiger partial charge in [0.1, 0.15) is 0 Å². The lowest BCUT2D eigenvalue weighted by atomic mass is 9.92. The van der Waals surface area contributed by atoms with E-state index in [2.05, 4.69) is 297 Å². The van der Waals surface area contributed by atoms with Crippen molar-refractivity contribution in [2.24, 2.45) is 0 Å². The molecule has 4 aromatic heterocycles. The Bertz CT molecular complexity index is 6970. The highest BCUT2D eigenvalue weighted by molar-refractivity contribution is 7.27. The molecule has 8 heteroatoms. The summed E-state index contributed by atoms with van der Waals surface area (Å²) in [4.78, 5) is 32.3. The number of nitrogens with zero attached hydrogens (tertiary/aromatic N) is 6. The van der Waals surface area contributed by atoms with Gasteiger partial charge in [0.2, 0.25) is 0 Å². The highest BCUT2D eigenvalue weighted by atomic mass is 32.1. The molecule has 102 heavy (non-hydrogen) atoms. The lowest BCUT2D eigenvalue weighted by Gasteiger charge is -2.14. The molecular weight excluding hydrogens is 1280 g/mol. The van der Waals surface area contributed by atoms with Gasteiger partial charge < -0.3 is 0 Å². The third-order valence-corrected chi connectivity index (χ3v) is 23.4. The van der Waals surface area contributed by atoms with E-state index in [4.69, 9.17) is 29.9 Å². The fourth-order valence-corrected chi connectivity index (χ4v) is 18.9. The molecule has 0 N–H and O–H groups in total. The minimum absolute atomic E-state index is 0.610. The van der Waals surface area contributed by atoms with Gasteiger partial charge >= 0.3 is 0 Å². The Morgan fingerprint density at radius 1 is 0.176 bits per heavy atom. The Morgan fingerprint density at radius 2 is 0.559 bits per heavy atom. The minimum Gasteiger partial charge on any atom is -0.208 e. The first-order chi connectivity index (χ1) is 50.5. The molecule has 0 amide bonds. The molecule has 16 aromatic carbocycles. The van der Waals surface area contributed by atoms with Crippen LogP contribution in [0.1, 0.15) is 0 Å². The highest BCUT2D eigenvalue weighted by Crippen LogP contribution is 2.56. The zero-order valence-corrected chi connectivity index (χ0v) is 56.2. The van der Waals surface area contributed by atoms with Crippen molar-refractivity contribution >= 4 is 106 Å². The highest BCUT2D eigenvalue weighted by Gasteiger charge is 2.29. The van der Waals surface area contributed by atoms with Crippen LogP contribution in [0.5, 0.6) is 0 Å². The molecule has 0 spiro atoms. The van der Waals surface area contributed by atoms with Crippen LogP contribution in [0.3, 0.4) is 0 Å². The number of hydrogen-bond acceptors (Lipinski definition) is 8. The lowest BCUT2D eigenvalue weighted by Crippen LogP contribution is -2.01. The molecular formula is C94H52N6S2. The molecule has 0 unspecified atom stereocenters. The van der Waals surface area contributed by atoms with Crippen LogP contribution in [0.4, 0.5) is 0 Å². The van der Waals surface area contributed by atoms with Crippen LogP contribution in [0.2, 0.25) is 0 Å². The fourth-order valence-electron chi connectivity index (χ4n) is 16.3. The zero-order valence-electron chi connectivity index (χ0n) is 54.5. The molecule has 2 aliphatic carbocycles. The SMILES string of the molecule is c1ccc(-c2ccc(-c3nc(-c4ccc5cc(-c6ccc7cc(-c8nc(-c9ccccc9)nc(-c9cccc%10sc%11c%12c(ccc%11c9%10)-c9cccc%10cccc-%12c9%10)n8)cc(-c8ccccc8)c7c6)ccc5c4)nc(-c4cccc5sc6c7c(ccc6c45)-c4cccc5cccc-7c45)n3)cc2)cc1. The van der Waals surface area contributed by atoms with Crippen LogP contribution in [0.25, 0.3) is 230 Å². The van der Waals surface area contributed by atoms with E-state index in [1.807, 2.05) is 40.9 Å². The summed E-state index contributed by atoms with van der Waals surface area (Å²) in [5, 5.41) is 14.3. The molecule has 22 rings (SSSR count). The average Bonchev–Trinajstić information content (AvgIpc) is 1.36. The standard InChI is InChI=1S/C94H52N6S2/c1-4-16-53(17-5-1)54-34-36-59(37-35-54)90-95-91(99-93(98-90)75-30-14-32-79-83(75)73-46-44-69-67-26-10-22-56-24-12-28-71(81(56)67)85(69)87(73)101-79)65-43-41-60-48-61(38-39-62(60)49-65)63-40-42-64-50-66(52-77(78(64)51-63)55-18-6-2-7-19-55)92-96-89(58-20-8-3-9-21-58)97-94(100-92)76-31-15-33-80-84(76)74-47-45-70-68-27-11-23-57-25-13-29-72(82(57)68)86(70)88(74)102-80/h1-52H. The second-order valence-electron chi connectivity index (χ2n) is 26.7. The van der Waals surface area contributed by atoms with Crippen molar-refractivity contribution in [1.29, 1.82) is 0 Å². The van der Waals surface area contributed by atoms with Gasteiger partial charge in [-0.1, -0.05) is 273 Å². The maximum atomic E-state index is 5.49. The maximum Gasteiger partial charge on any atom is 0.164 e. The molecule has 0 fully saturated rings. The van der Waals surface area contributed by atoms with Gasteiger partial charge in [0.25, 0.3) is 0 Å². The first-order valence-corrected chi connectivity index (χ1v) is 36.1. The molecule has 0 atom stereocenters. The second-order valence-corrected chi connectivity index (χ2v) is 28.8. The summed E-state index contributed by atoms with van der Waals surface area (Å²) in [6.45, 7) is 0. The van der Waals surface area contributed by atoms with E-state index in [9.17, 15) is 0 Å². The van der Waals surface area contributed by atoms with Gasteiger partial charge in [0.15, 0.2) is 34.9 Å². The summed E-state index contributed by atoms with van der Waals surface area (Å²) in [7, 11) is 0. The molecule has 4 heterocycles. The van der Waals surface area contributed by atoms with Crippen LogP contribution < -0.4 is 0 Å². The van der Waals surface area contributed by atoms with Crippen LogP contribution in [0, 0.1) is 0 Å². The largest absolute Gasteiger partial charge is 0.208 e. The molecule has 6 nitrogen and oxygen atoms in total. The van der Waals surface area contributed by atoms with Gasteiger partial charge in [-0.05, 0) is 152 Å². The molecule has 470 valence electrons. The van der Waals surface area contributed by atoms with Crippen LogP contribution in [-0.2, 0) is 0 Å². The van der Waals surface area contributed by atoms with E-state index in [1.165, 1.54) is 95.6 Å². The quantitative estimate of drug-likeness (QED) is 0.143. The third kappa shape index (κ3) is 8.83. The van der Waals surface area contributed by atoms with E-state index in [0.717, 1.165) is 99.1 Å². The van der Waals surface area contributed by atoms with E-state index in [-0.39, 0.29) is 0 Å². The van der Waals surface area contributed by atoms with Crippen LogP contribution in [-0.4, -0.2) is 29.9 Å². The topological polar surface area (TPSA) is 77.3 Å². The minimum atomic E-state index is 0.610. The smallest absolute Gasteiger partial charge is 0.164 e. The Morgan fingerprint density at radius 3 is 1.11 bits per heavy atom. The Labute approximate surface area is 593 Å². The van der Waals surface area contributed by atoms with Crippen LogP contribution in [0.15, 0.2) is 315 Å². The Kier molecular flexibility index (Phi) is 12.4. The summed E-state index contributed by atoms with van der Waals surface area (Å²) >= 11 is 3.71. The van der Waals surface area contributed by atoms with E-state index in [1.54, 1.807) is 0 Å². The van der Waals surface area contributed by atoms with Crippen molar-refractivity contribution in [3.8, 4) is 146 Å². The normalized spacial score (nSPS) is 12.1. The third-order valence-electron chi connectivity index (χ3n) is 21.0. The Hall–Kier alpha value is -13.0. The monoisotopic (exact) mass is 1330 g/mol. The van der Waals surface area contributed by atoms with Crippen molar-refractivity contribution in [3.63, 3.8) is 0 Å². The predicted octanol–water partition coefficient (Wildman–Crippen LogP) is 25.7. The number of aromatic nitrogens is 6. The van der Waals surface area contributed by atoms with Gasteiger partial charge in [-0.3, -0.25) is 0 Å². The Balaban J connectivity index is 0.646. The number of fused-ring (bicyclic) bond motifs is 16. The van der Waals surface area contributed by atoms with Gasteiger partial charge in [-0.2, -0.15) is 0 Å². The van der Waals surface area contributed by atoms with Gasteiger partial charge in [0.05, 0.1) is 0 Å². The molecule has 2 aliphatic rings. The van der Waals surface area contributed by atoms with Crippen molar-refractivity contribution in [2.45, 2.75) is 0 Å². The lowest BCUT2D eigenvalue weighted by molar-refractivity contribution is 1.08. The van der Waals surface area contributed by atoms with Crippen LogP contribution >= 0.6 is 22.7 Å². The van der Waals surface area contributed by atoms with E-state index < -0.39 is 0 Å². The molecule has 0 aliphatic heterocycles. The first-order valence-electron chi connectivity index (χ1n) is 34.5. The molecule has 0 radical (unpaired) electrons. The molecule has 20 aromatic rings. The zero-order chi connectivity index (χ0) is 66.7. The van der Waals surface area contributed by atoms with E-state index >= 15 is 0 Å². The predicted molar refractivity (Wildman–Crippen MR) is 427 cm³/mol. The molecule has 0 saturated carbocycles. The summed E-state index contributed by atoms with van der Waals surface area (Å²) in [6.07, 6.45) is 0. The second kappa shape index (κ2) is 22.3. The van der Waals surface area contributed by atoms with Crippen molar-refractivity contribution in [2.75, 3.05) is 0 Å². The van der Waals surface area contributed by atoms with E-state index in [0.29, 0.717) is 34.9 Å². The molecule has 0 bridgehead atoms. The fraction of sp³-hybridized carbons (Fsp3) is 0. The number of hydrogen-bond donors (Lipinski definition) is 0. The number of thiophene rings is 2. The van der Waals surface area contributed by atoms with Gasteiger partial charge in [0, 0.05) is 84.9 Å². The summed E-state index contributed by atoms with van der Waals surface area (Å²) in [5.74, 6) is 3.73. The van der Waals surface area contributed by atoms with Gasteiger partial charge in [-0.25, -0.2) is 29.9 Å². The molecule has 0 saturated heterocycles. The van der Waals surface area contributed by atoms with Crippen molar-refractivity contribution in [3.05, 3.63) is 315 Å². The maximum absolute atomic E-state index is 5.49. The first kappa shape index (κ1) is 57.0. The number of benzene rings is 16. The average molecular weight is 1330 g/mol. The summed E-state index contributed by atoms with van der Waals surface area (Å²) < 4.78 is 4.95. The number of rotatable bonds is 9. The van der Waals surface area contributed by atoms with Crippen molar-refractivity contribution < 1.29 is 0 Å².